The van der Waals surface area contributed by atoms with Crippen molar-refractivity contribution in [3.63, 3.8) is 0 Å². The zero-order valence-electron chi connectivity index (χ0n) is 19.1. The highest BCUT2D eigenvalue weighted by Gasteiger charge is 2.32. The molecule has 0 spiro atoms. The molecule has 0 bridgehead atoms. The third-order valence-electron chi connectivity index (χ3n) is 6.62. The van der Waals surface area contributed by atoms with Crippen LogP contribution >= 0.6 is 0 Å². The van der Waals surface area contributed by atoms with E-state index < -0.39 is 10.0 Å². The van der Waals surface area contributed by atoms with Crippen molar-refractivity contribution in [2.24, 2.45) is 0 Å². The average Bonchev–Trinajstić information content (AvgIpc) is 3.25. The van der Waals surface area contributed by atoms with Crippen molar-refractivity contribution in [3.05, 3.63) is 53.5 Å². The first kappa shape index (κ1) is 23.5. The van der Waals surface area contributed by atoms with E-state index in [1.54, 1.807) is 33.5 Å². The Hall–Kier alpha value is -2.65. The van der Waals surface area contributed by atoms with Crippen LogP contribution in [0.25, 0.3) is 0 Å². The Morgan fingerprint density at radius 1 is 1.06 bits per heavy atom. The van der Waals surface area contributed by atoms with Crippen LogP contribution in [0.3, 0.4) is 0 Å². The Balaban J connectivity index is 1.39. The van der Waals surface area contributed by atoms with Crippen molar-refractivity contribution in [1.82, 2.24) is 14.5 Å². The Morgan fingerprint density at radius 2 is 1.82 bits per heavy atom. The maximum Gasteiger partial charge on any atom is 0.287 e. The molecule has 3 heterocycles. The van der Waals surface area contributed by atoms with E-state index in [9.17, 15) is 18.0 Å². The minimum Gasteiger partial charge on any atom is -0.459 e. The van der Waals surface area contributed by atoms with Crippen LogP contribution in [-0.2, 0) is 10.0 Å². The molecule has 0 aliphatic carbocycles. The molecule has 2 saturated heterocycles. The molecule has 2 fully saturated rings. The van der Waals surface area contributed by atoms with E-state index in [0.717, 1.165) is 24.8 Å². The molecular formula is C24H31N3O5S. The van der Waals surface area contributed by atoms with Gasteiger partial charge in [-0.15, -0.1) is 0 Å². The van der Waals surface area contributed by atoms with E-state index in [4.69, 9.17) is 4.42 Å². The molecule has 4 rings (SSSR count). The van der Waals surface area contributed by atoms with Gasteiger partial charge in [-0.05, 0) is 63.8 Å². The molecule has 33 heavy (non-hydrogen) atoms. The minimum atomic E-state index is -3.64. The molecule has 8 nitrogen and oxygen atoms in total. The number of furan rings is 1. The van der Waals surface area contributed by atoms with E-state index in [2.05, 4.69) is 5.32 Å². The van der Waals surface area contributed by atoms with E-state index >= 15 is 0 Å². The second-order valence-corrected chi connectivity index (χ2v) is 10.9. The lowest BCUT2D eigenvalue weighted by atomic mass is 10.0. The molecule has 0 saturated carbocycles. The molecule has 1 atom stereocenters. The van der Waals surface area contributed by atoms with Crippen molar-refractivity contribution in [2.45, 2.75) is 62.9 Å². The Bertz CT molecular complexity index is 1120. The molecule has 1 unspecified atom stereocenters. The van der Waals surface area contributed by atoms with Crippen LogP contribution in [0.5, 0.6) is 0 Å². The summed E-state index contributed by atoms with van der Waals surface area (Å²) >= 11 is 0. The molecular weight excluding hydrogens is 442 g/mol. The van der Waals surface area contributed by atoms with Gasteiger partial charge in [-0.2, -0.15) is 4.31 Å². The molecule has 2 aromatic rings. The van der Waals surface area contributed by atoms with Crippen LogP contribution in [0.1, 0.15) is 65.5 Å². The highest BCUT2D eigenvalue weighted by atomic mass is 32.2. The summed E-state index contributed by atoms with van der Waals surface area (Å²) in [7, 11) is -3.64. The van der Waals surface area contributed by atoms with Gasteiger partial charge in [0.25, 0.3) is 11.8 Å². The standard InChI is InChI=1S/C24H31N3O5S/c1-17-11-15-32-22(17)23(28)25-20-9-13-26(14-10-20)24(29)19-7-5-8-21(16-19)33(30,31)27-12-4-3-6-18(27)2/h5,7-8,11,15-16,18,20H,3-4,6,9-10,12-14H2,1-2H3,(H,25,28). The second kappa shape index (κ2) is 9.69. The predicted octanol–water partition coefficient (Wildman–Crippen LogP) is 3.19. The second-order valence-electron chi connectivity index (χ2n) is 8.96. The van der Waals surface area contributed by atoms with Crippen molar-refractivity contribution in [2.75, 3.05) is 19.6 Å². The normalized spacial score (nSPS) is 20.5. The Labute approximate surface area is 195 Å². The Morgan fingerprint density at radius 3 is 2.48 bits per heavy atom. The zero-order valence-corrected chi connectivity index (χ0v) is 19.9. The summed E-state index contributed by atoms with van der Waals surface area (Å²) in [5.74, 6) is -0.118. The lowest BCUT2D eigenvalue weighted by Crippen LogP contribution is -2.46. The summed E-state index contributed by atoms with van der Waals surface area (Å²) in [5.41, 5.74) is 1.16. The Kier molecular flexibility index (Phi) is 6.90. The maximum atomic E-state index is 13.2. The number of carbonyl (C=O) groups is 2. The summed E-state index contributed by atoms with van der Waals surface area (Å²) in [6.45, 7) is 5.24. The third kappa shape index (κ3) is 4.99. The predicted molar refractivity (Wildman–Crippen MR) is 123 cm³/mol. The number of piperidine rings is 2. The van der Waals surface area contributed by atoms with Gasteiger partial charge >= 0.3 is 0 Å². The van der Waals surface area contributed by atoms with Gasteiger partial charge in [0, 0.05) is 42.8 Å². The van der Waals surface area contributed by atoms with E-state index in [0.29, 0.717) is 43.8 Å². The van der Waals surface area contributed by atoms with Gasteiger partial charge in [0.2, 0.25) is 10.0 Å². The number of nitrogens with one attached hydrogen (secondary N) is 1. The largest absolute Gasteiger partial charge is 0.459 e. The molecule has 9 heteroatoms. The minimum absolute atomic E-state index is 0.0395. The van der Waals surface area contributed by atoms with Gasteiger partial charge in [-0.25, -0.2) is 8.42 Å². The lowest BCUT2D eigenvalue weighted by molar-refractivity contribution is 0.0695. The number of sulfonamides is 1. The maximum absolute atomic E-state index is 13.2. The lowest BCUT2D eigenvalue weighted by Gasteiger charge is -2.33. The van der Waals surface area contributed by atoms with Crippen molar-refractivity contribution in [1.29, 1.82) is 0 Å². The summed E-state index contributed by atoms with van der Waals surface area (Å²) in [4.78, 5) is 27.3. The number of nitrogens with zero attached hydrogens (tertiary/aromatic N) is 2. The monoisotopic (exact) mass is 473 g/mol. The van der Waals surface area contributed by atoms with Crippen LogP contribution in [0.4, 0.5) is 0 Å². The fraction of sp³-hybridized carbons (Fsp3) is 0.500. The van der Waals surface area contributed by atoms with Crippen molar-refractivity contribution >= 4 is 21.8 Å². The smallest absolute Gasteiger partial charge is 0.287 e. The zero-order chi connectivity index (χ0) is 23.6. The van der Waals surface area contributed by atoms with E-state index in [1.807, 2.05) is 13.8 Å². The number of aryl methyl sites for hydroxylation is 1. The quantitative estimate of drug-likeness (QED) is 0.719. The number of likely N-dealkylation sites (tertiary alicyclic amines) is 1. The van der Waals surface area contributed by atoms with Gasteiger partial charge in [0.15, 0.2) is 5.76 Å². The number of rotatable bonds is 5. The molecule has 1 N–H and O–H groups in total. The SMILES string of the molecule is Cc1ccoc1C(=O)NC1CCN(C(=O)c2cccc(S(=O)(=O)N3CCCCC3C)c2)CC1. The van der Waals surface area contributed by atoms with Gasteiger partial charge in [-0.3, -0.25) is 9.59 Å². The first-order valence-electron chi connectivity index (χ1n) is 11.5. The molecule has 178 valence electrons. The van der Waals surface area contributed by atoms with Gasteiger partial charge in [0.05, 0.1) is 11.2 Å². The third-order valence-corrected chi connectivity index (χ3v) is 8.62. The number of carbonyl (C=O) groups excluding carboxylic acids is 2. The van der Waals surface area contributed by atoms with Crippen LogP contribution in [0, 0.1) is 6.92 Å². The van der Waals surface area contributed by atoms with Crippen molar-refractivity contribution in [3.8, 4) is 0 Å². The molecule has 0 radical (unpaired) electrons. The summed E-state index contributed by atoms with van der Waals surface area (Å²) in [5, 5.41) is 2.98. The summed E-state index contributed by atoms with van der Waals surface area (Å²) in [6.07, 6.45) is 5.48. The van der Waals surface area contributed by atoms with Crippen molar-refractivity contribution < 1.29 is 22.4 Å². The topological polar surface area (TPSA) is 99.9 Å². The van der Waals surface area contributed by atoms with E-state index in [1.165, 1.54) is 12.3 Å². The highest BCUT2D eigenvalue weighted by Crippen LogP contribution is 2.26. The molecule has 1 aromatic carbocycles. The molecule has 2 aliphatic rings. The van der Waals surface area contributed by atoms with E-state index in [-0.39, 0.29) is 28.8 Å². The van der Waals surface area contributed by atoms with Crippen LogP contribution in [0.15, 0.2) is 45.9 Å². The fourth-order valence-electron chi connectivity index (χ4n) is 4.62. The highest BCUT2D eigenvalue weighted by molar-refractivity contribution is 7.89. The van der Waals surface area contributed by atoms with Crippen LogP contribution in [0.2, 0.25) is 0 Å². The van der Waals surface area contributed by atoms with Crippen LogP contribution in [-0.4, -0.2) is 61.2 Å². The molecule has 2 aliphatic heterocycles. The van der Waals surface area contributed by atoms with Gasteiger partial charge in [0.1, 0.15) is 0 Å². The number of hydrogen-bond donors (Lipinski definition) is 1. The average molecular weight is 474 g/mol. The fourth-order valence-corrected chi connectivity index (χ4v) is 6.37. The summed E-state index contributed by atoms with van der Waals surface area (Å²) < 4.78 is 33.1. The number of amides is 2. The molecule has 2 amide bonds. The first-order valence-corrected chi connectivity index (χ1v) is 13.0. The number of hydrogen-bond acceptors (Lipinski definition) is 5. The first-order chi connectivity index (χ1) is 15.8. The molecule has 1 aromatic heterocycles. The summed E-state index contributed by atoms with van der Waals surface area (Å²) in [6, 6.07) is 8.01. The van der Waals surface area contributed by atoms with Gasteiger partial charge in [-0.1, -0.05) is 12.5 Å². The van der Waals surface area contributed by atoms with Gasteiger partial charge < -0.3 is 14.6 Å². The number of benzene rings is 1. The van der Waals surface area contributed by atoms with Crippen LogP contribution < -0.4 is 5.32 Å².